The van der Waals surface area contributed by atoms with E-state index in [1.165, 1.54) is 12.8 Å². The summed E-state index contributed by atoms with van der Waals surface area (Å²) in [6.07, 6.45) is 2.39. The van der Waals surface area contributed by atoms with Crippen LogP contribution in [0.5, 0.6) is 0 Å². The first-order valence-electron chi connectivity index (χ1n) is 7.52. The molecule has 21 heavy (non-hydrogen) atoms. The molecule has 0 radical (unpaired) electrons. The molecule has 112 valence electrons. The Kier molecular flexibility index (Phi) is 3.68. The first kappa shape index (κ1) is 14.1. The second-order valence-corrected chi connectivity index (χ2v) is 5.80. The number of imidazole rings is 1. The summed E-state index contributed by atoms with van der Waals surface area (Å²) in [5, 5.41) is 9.11. The minimum Gasteiger partial charge on any atom is -0.478 e. The molecule has 1 fully saturated rings. The van der Waals surface area contributed by atoms with E-state index in [1.807, 2.05) is 6.07 Å². The van der Waals surface area contributed by atoms with Crippen molar-refractivity contribution in [1.29, 1.82) is 0 Å². The Bertz CT molecular complexity index is 673. The maximum absolute atomic E-state index is 11.1. The van der Waals surface area contributed by atoms with Gasteiger partial charge in [0.25, 0.3) is 0 Å². The third kappa shape index (κ3) is 2.78. The van der Waals surface area contributed by atoms with Crippen molar-refractivity contribution in [2.75, 3.05) is 20.1 Å². The average molecular weight is 287 g/mol. The molecule has 5 nitrogen and oxygen atoms in total. The van der Waals surface area contributed by atoms with E-state index in [9.17, 15) is 4.79 Å². The van der Waals surface area contributed by atoms with Gasteiger partial charge in [-0.25, -0.2) is 9.78 Å². The van der Waals surface area contributed by atoms with Gasteiger partial charge in [-0.3, -0.25) is 0 Å². The third-order valence-corrected chi connectivity index (χ3v) is 4.21. The van der Waals surface area contributed by atoms with Gasteiger partial charge in [-0.05, 0) is 44.6 Å². The van der Waals surface area contributed by atoms with Crippen LogP contribution in [-0.4, -0.2) is 45.7 Å². The molecule has 5 heteroatoms. The van der Waals surface area contributed by atoms with Crippen molar-refractivity contribution >= 4 is 17.0 Å². The van der Waals surface area contributed by atoms with Crippen LogP contribution in [0.25, 0.3) is 11.0 Å². The Hall–Kier alpha value is -1.88. The lowest BCUT2D eigenvalue weighted by atomic mass is 10.2. The molecular formula is C16H21N3O2. The molecule has 2 aromatic rings. The predicted molar refractivity (Wildman–Crippen MR) is 81.8 cm³/mol. The van der Waals surface area contributed by atoms with Gasteiger partial charge in [0.1, 0.15) is 5.82 Å². The van der Waals surface area contributed by atoms with Crippen molar-refractivity contribution in [3.63, 3.8) is 0 Å². The standard InChI is InChI=1S/C16H21N3O2/c1-3-18(2)8-9-19-14-7-6-12(16(20)21)10-13(14)17-15(19)11-4-5-11/h6-7,10-11H,3-5,8-9H2,1-2H3,(H,20,21). The zero-order valence-corrected chi connectivity index (χ0v) is 12.5. The Morgan fingerprint density at radius 2 is 2.24 bits per heavy atom. The molecule has 0 saturated heterocycles. The molecule has 0 spiro atoms. The van der Waals surface area contributed by atoms with Gasteiger partial charge in [0.15, 0.2) is 0 Å². The van der Waals surface area contributed by atoms with Crippen LogP contribution in [0.2, 0.25) is 0 Å². The number of likely N-dealkylation sites (N-methyl/N-ethyl adjacent to an activating group) is 1. The number of rotatable bonds is 6. The van der Waals surface area contributed by atoms with E-state index < -0.39 is 5.97 Å². The van der Waals surface area contributed by atoms with Gasteiger partial charge < -0.3 is 14.6 Å². The van der Waals surface area contributed by atoms with E-state index >= 15 is 0 Å². The van der Waals surface area contributed by atoms with Gasteiger partial charge in [-0.1, -0.05) is 6.92 Å². The number of hydrogen-bond acceptors (Lipinski definition) is 3. The fraction of sp³-hybridized carbons (Fsp3) is 0.500. The van der Waals surface area contributed by atoms with Crippen molar-refractivity contribution in [3.8, 4) is 0 Å². The average Bonchev–Trinajstić information content (AvgIpc) is 3.26. The van der Waals surface area contributed by atoms with E-state index in [-0.39, 0.29) is 0 Å². The Morgan fingerprint density at radius 3 is 2.86 bits per heavy atom. The van der Waals surface area contributed by atoms with Crippen LogP contribution in [0.1, 0.15) is 41.9 Å². The second-order valence-electron chi connectivity index (χ2n) is 5.80. The molecule has 0 aliphatic heterocycles. The van der Waals surface area contributed by atoms with Crippen LogP contribution < -0.4 is 0 Å². The van der Waals surface area contributed by atoms with E-state index in [0.717, 1.165) is 36.5 Å². The summed E-state index contributed by atoms with van der Waals surface area (Å²) in [5.41, 5.74) is 2.16. The molecule has 1 aliphatic rings. The van der Waals surface area contributed by atoms with E-state index in [2.05, 4.69) is 23.4 Å². The van der Waals surface area contributed by atoms with E-state index in [1.54, 1.807) is 12.1 Å². The minimum atomic E-state index is -0.898. The number of carboxylic acids is 1. The summed E-state index contributed by atoms with van der Waals surface area (Å²) in [6.45, 7) is 5.04. The highest BCUT2D eigenvalue weighted by Crippen LogP contribution is 2.40. The van der Waals surface area contributed by atoms with Crippen LogP contribution in [0, 0.1) is 0 Å². The van der Waals surface area contributed by atoms with Gasteiger partial charge in [0.05, 0.1) is 16.6 Å². The summed E-state index contributed by atoms with van der Waals surface area (Å²) in [5.74, 6) is 0.778. The zero-order chi connectivity index (χ0) is 15.0. The maximum Gasteiger partial charge on any atom is 0.335 e. The lowest BCUT2D eigenvalue weighted by Crippen LogP contribution is -2.23. The summed E-state index contributed by atoms with van der Waals surface area (Å²) in [6, 6.07) is 5.25. The zero-order valence-electron chi connectivity index (χ0n) is 12.5. The SMILES string of the molecule is CCN(C)CCn1c(C2CC2)nc2cc(C(=O)O)ccc21. The van der Waals surface area contributed by atoms with Crippen molar-refractivity contribution in [2.24, 2.45) is 0 Å². The molecule has 0 unspecified atom stereocenters. The highest BCUT2D eigenvalue weighted by Gasteiger charge is 2.29. The molecule has 1 N–H and O–H groups in total. The quantitative estimate of drug-likeness (QED) is 0.887. The summed E-state index contributed by atoms with van der Waals surface area (Å²) in [4.78, 5) is 18.1. The Morgan fingerprint density at radius 1 is 1.48 bits per heavy atom. The lowest BCUT2D eigenvalue weighted by molar-refractivity contribution is 0.0697. The number of hydrogen-bond donors (Lipinski definition) is 1. The molecule has 1 aromatic carbocycles. The molecule has 3 rings (SSSR count). The van der Waals surface area contributed by atoms with Gasteiger partial charge in [0, 0.05) is 19.0 Å². The molecule has 1 aliphatic carbocycles. The van der Waals surface area contributed by atoms with E-state index in [4.69, 9.17) is 10.1 Å². The van der Waals surface area contributed by atoms with Crippen LogP contribution in [0.4, 0.5) is 0 Å². The first-order valence-corrected chi connectivity index (χ1v) is 7.52. The smallest absolute Gasteiger partial charge is 0.335 e. The first-order chi connectivity index (χ1) is 10.1. The van der Waals surface area contributed by atoms with Crippen LogP contribution in [0.3, 0.4) is 0 Å². The molecule has 0 bridgehead atoms. The van der Waals surface area contributed by atoms with Gasteiger partial charge in [-0.2, -0.15) is 0 Å². The summed E-state index contributed by atoms with van der Waals surface area (Å²) >= 11 is 0. The monoisotopic (exact) mass is 287 g/mol. The largest absolute Gasteiger partial charge is 0.478 e. The molecule has 0 atom stereocenters. The summed E-state index contributed by atoms with van der Waals surface area (Å²) in [7, 11) is 2.11. The fourth-order valence-electron chi connectivity index (χ4n) is 2.60. The fourth-order valence-corrected chi connectivity index (χ4v) is 2.60. The highest BCUT2D eigenvalue weighted by molar-refractivity contribution is 5.92. The predicted octanol–water partition coefficient (Wildman–Crippen LogP) is 2.56. The maximum atomic E-state index is 11.1. The summed E-state index contributed by atoms with van der Waals surface area (Å²) < 4.78 is 2.27. The molecule has 1 aromatic heterocycles. The van der Waals surface area contributed by atoms with E-state index in [0.29, 0.717) is 11.5 Å². The third-order valence-electron chi connectivity index (χ3n) is 4.21. The van der Waals surface area contributed by atoms with Crippen molar-refractivity contribution in [3.05, 3.63) is 29.6 Å². The Labute approximate surface area is 124 Å². The van der Waals surface area contributed by atoms with Crippen LogP contribution in [0.15, 0.2) is 18.2 Å². The molecular weight excluding hydrogens is 266 g/mol. The minimum absolute atomic E-state index is 0.306. The number of fused-ring (bicyclic) bond motifs is 1. The van der Waals surface area contributed by atoms with Crippen molar-refractivity contribution in [1.82, 2.24) is 14.5 Å². The number of carbonyl (C=O) groups is 1. The number of aromatic carboxylic acids is 1. The number of carboxylic acid groups (broad SMARTS) is 1. The number of aromatic nitrogens is 2. The van der Waals surface area contributed by atoms with Crippen LogP contribution in [-0.2, 0) is 6.54 Å². The van der Waals surface area contributed by atoms with Crippen LogP contribution >= 0.6 is 0 Å². The molecule has 1 heterocycles. The Balaban J connectivity index is 1.99. The van der Waals surface area contributed by atoms with Gasteiger partial charge in [-0.15, -0.1) is 0 Å². The number of benzene rings is 1. The van der Waals surface area contributed by atoms with Crippen molar-refractivity contribution < 1.29 is 9.90 Å². The molecule has 1 saturated carbocycles. The van der Waals surface area contributed by atoms with Gasteiger partial charge >= 0.3 is 5.97 Å². The second kappa shape index (κ2) is 5.48. The normalized spacial score (nSPS) is 15.0. The van der Waals surface area contributed by atoms with Crippen molar-refractivity contribution in [2.45, 2.75) is 32.2 Å². The van der Waals surface area contributed by atoms with Gasteiger partial charge in [0.2, 0.25) is 0 Å². The number of nitrogens with zero attached hydrogens (tertiary/aromatic N) is 3. The molecule has 0 amide bonds. The lowest BCUT2D eigenvalue weighted by Gasteiger charge is -2.16. The highest BCUT2D eigenvalue weighted by atomic mass is 16.4. The topological polar surface area (TPSA) is 58.4 Å².